The van der Waals surface area contributed by atoms with Crippen LogP contribution in [0.15, 0.2) is 23.2 Å². The van der Waals surface area contributed by atoms with Crippen molar-refractivity contribution in [3.63, 3.8) is 0 Å². The molecule has 9 heteroatoms. The molecule has 3 atom stereocenters. The highest BCUT2D eigenvalue weighted by Gasteiger charge is 2.42. The molecular formula is C17H26F2IN3O2S. The third-order valence-corrected chi connectivity index (χ3v) is 5.08. The maximum atomic E-state index is 13.9. The Kier molecular flexibility index (Phi) is 8.71. The van der Waals surface area contributed by atoms with Gasteiger partial charge in [-0.3, -0.25) is 4.99 Å². The molecule has 3 unspecified atom stereocenters. The molecule has 26 heavy (non-hydrogen) atoms. The summed E-state index contributed by atoms with van der Waals surface area (Å²) in [5.41, 5.74) is 0.112. The van der Waals surface area contributed by atoms with Crippen molar-refractivity contribution in [1.29, 1.82) is 0 Å². The lowest BCUT2D eigenvalue weighted by atomic mass is 10.1. The summed E-state index contributed by atoms with van der Waals surface area (Å²) in [5, 5.41) is 6.33. The predicted octanol–water partition coefficient (Wildman–Crippen LogP) is 2.82. The SMILES string of the molecule is CCN=C(NC(C)CCS(C)(=O)=O)NC1CC1c1c(F)cccc1F.I. The molecule has 0 saturated heterocycles. The molecule has 0 heterocycles. The monoisotopic (exact) mass is 501 g/mol. The van der Waals surface area contributed by atoms with Gasteiger partial charge in [-0.1, -0.05) is 6.07 Å². The summed E-state index contributed by atoms with van der Waals surface area (Å²) < 4.78 is 50.2. The van der Waals surface area contributed by atoms with Crippen LogP contribution >= 0.6 is 24.0 Å². The Hall–Kier alpha value is -0.970. The van der Waals surface area contributed by atoms with Crippen molar-refractivity contribution >= 4 is 39.8 Å². The highest BCUT2D eigenvalue weighted by atomic mass is 127. The van der Waals surface area contributed by atoms with Gasteiger partial charge in [-0.15, -0.1) is 24.0 Å². The van der Waals surface area contributed by atoms with Crippen LogP contribution in [0, 0.1) is 11.6 Å². The molecule has 1 aromatic carbocycles. The van der Waals surface area contributed by atoms with Crippen LogP contribution in [0.2, 0.25) is 0 Å². The van der Waals surface area contributed by atoms with Crippen LogP contribution in [0.1, 0.15) is 38.2 Å². The van der Waals surface area contributed by atoms with Crippen LogP contribution in [0.3, 0.4) is 0 Å². The minimum absolute atomic E-state index is 0. The second-order valence-electron chi connectivity index (χ2n) is 6.52. The van der Waals surface area contributed by atoms with Gasteiger partial charge < -0.3 is 10.6 Å². The van der Waals surface area contributed by atoms with Gasteiger partial charge in [-0.25, -0.2) is 17.2 Å². The predicted molar refractivity (Wildman–Crippen MR) is 111 cm³/mol. The molecule has 0 aromatic heterocycles. The molecule has 0 amide bonds. The average molecular weight is 501 g/mol. The highest BCUT2D eigenvalue weighted by molar-refractivity contribution is 14.0. The first-order chi connectivity index (χ1) is 11.7. The standard InChI is InChI=1S/C17H25F2N3O2S.HI/c1-4-20-17(21-11(2)8-9-25(3,23)24)22-15-10-12(15)16-13(18)6-5-7-14(16)19;/h5-7,11-12,15H,4,8-10H2,1-3H3,(H2,20,21,22);1H. The molecule has 0 bridgehead atoms. The van der Waals surface area contributed by atoms with Gasteiger partial charge in [-0.05, 0) is 38.8 Å². The van der Waals surface area contributed by atoms with E-state index in [1.54, 1.807) is 0 Å². The van der Waals surface area contributed by atoms with Crippen molar-refractivity contribution in [3.8, 4) is 0 Å². The summed E-state index contributed by atoms with van der Waals surface area (Å²) in [6.07, 6.45) is 2.29. The Morgan fingerprint density at radius 1 is 1.35 bits per heavy atom. The van der Waals surface area contributed by atoms with Crippen LogP contribution in [0.25, 0.3) is 0 Å². The van der Waals surface area contributed by atoms with E-state index in [-0.39, 0.29) is 53.3 Å². The number of rotatable bonds is 7. The largest absolute Gasteiger partial charge is 0.354 e. The number of nitrogens with one attached hydrogen (secondary N) is 2. The van der Waals surface area contributed by atoms with Crippen LogP contribution in [-0.2, 0) is 9.84 Å². The summed E-state index contributed by atoms with van der Waals surface area (Å²) in [6, 6.07) is 3.70. The van der Waals surface area contributed by atoms with Crippen LogP contribution < -0.4 is 10.6 Å². The quantitative estimate of drug-likeness (QED) is 0.343. The molecule has 5 nitrogen and oxygen atoms in total. The fourth-order valence-electron chi connectivity index (χ4n) is 2.70. The lowest BCUT2D eigenvalue weighted by molar-refractivity contribution is 0.552. The molecule has 2 N–H and O–H groups in total. The van der Waals surface area contributed by atoms with Crippen LogP contribution in [-0.4, -0.2) is 45.0 Å². The zero-order valence-electron chi connectivity index (χ0n) is 15.1. The van der Waals surface area contributed by atoms with E-state index in [0.29, 0.717) is 25.3 Å². The van der Waals surface area contributed by atoms with Crippen molar-refractivity contribution in [2.45, 2.75) is 44.7 Å². The summed E-state index contributed by atoms with van der Waals surface area (Å²) in [5.74, 6) is -0.660. The van der Waals surface area contributed by atoms with E-state index in [9.17, 15) is 17.2 Å². The summed E-state index contributed by atoms with van der Waals surface area (Å²) in [4.78, 5) is 4.32. The van der Waals surface area contributed by atoms with Gasteiger partial charge in [0, 0.05) is 36.4 Å². The first-order valence-corrected chi connectivity index (χ1v) is 10.5. The molecule has 0 radical (unpaired) electrons. The minimum Gasteiger partial charge on any atom is -0.354 e. The van der Waals surface area contributed by atoms with E-state index in [2.05, 4.69) is 15.6 Å². The number of nitrogens with zero attached hydrogens (tertiary/aromatic N) is 1. The number of benzene rings is 1. The maximum absolute atomic E-state index is 13.9. The number of aliphatic imine (C=N–C) groups is 1. The zero-order chi connectivity index (χ0) is 18.6. The molecule has 1 aromatic rings. The normalized spacial score (nSPS) is 20.9. The number of halogens is 3. The summed E-state index contributed by atoms with van der Waals surface area (Å²) in [6.45, 7) is 4.30. The van der Waals surface area contributed by atoms with Crippen LogP contribution in [0.5, 0.6) is 0 Å². The maximum Gasteiger partial charge on any atom is 0.191 e. The van der Waals surface area contributed by atoms with E-state index in [1.165, 1.54) is 24.5 Å². The topological polar surface area (TPSA) is 70.6 Å². The van der Waals surface area contributed by atoms with E-state index < -0.39 is 21.5 Å². The lowest BCUT2D eigenvalue weighted by Gasteiger charge is -2.18. The Balaban J connectivity index is 0.00000338. The van der Waals surface area contributed by atoms with Gasteiger partial charge in [0.05, 0.1) is 5.75 Å². The molecule has 2 rings (SSSR count). The minimum atomic E-state index is -3.02. The second kappa shape index (κ2) is 9.82. The molecule has 0 aliphatic heterocycles. The first-order valence-electron chi connectivity index (χ1n) is 8.40. The van der Waals surface area contributed by atoms with Crippen molar-refractivity contribution < 1.29 is 17.2 Å². The molecule has 1 fully saturated rings. The van der Waals surface area contributed by atoms with E-state index in [1.807, 2.05) is 13.8 Å². The third kappa shape index (κ3) is 6.98. The summed E-state index contributed by atoms with van der Waals surface area (Å²) >= 11 is 0. The number of sulfone groups is 1. The fraction of sp³-hybridized carbons (Fsp3) is 0.588. The van der Waals surface area contributed by atoms with Gasteiger partial charge in [0.1, 0.15) is 21.5 Å². The van der Waals surface area contributed by atoms with Gasteiger partial charge in [0.25, 0.3) is 0 Å². The highest BCUT2D eigenvalue weighted by Crippen LogP contribution is 2.43. The average Bonchev–Trinajstić information content (AvgIpc) is 3.23. The van der Waals surface area contributed by atoms with Crippen molar-refractivity contribution in [2.24, 2.45) is 4.99 Å². The summed E-state index contributed by atoms with van der Waals surface area (Å²) in [7, 11) is -3.02. The molecule has 0 spiro atoms. The van der Waals surface area contributed by atoms with E-state index in [0.717, 1.165) is 0 Å². The Bertz CT molecular complexity index is 723. The lowest BCUT2D eigenvalue weighted by Crippen LogP contribution is -2.44. The number of guanidine groups is 1. The second-order valence-corrected chi connectivity index (χ2v) is 8.77. The molecular weight excluding hydrogens is 475 g/mol. The van der Waals surface area contributed by atoms with Crippen molar-refractivity contribution in [2.75, 3.05) is 18.6 Å². The zero-order valence-corrected chi connectivity index (χ0v) is 18.3. The van der Waals surface area contributed by atoms with E-state index in [4.69, 9.17) is 0 Å². The van der Waals surface area contributed by atoms with E-state index >= 15 is 0 Å². The smallest absolute Gasteiger partial charge is 0.191 e. The number of hydrogen-bond donors (Lipinski definition) is 2. The molecule has 148 valence electrons. The fourth-order valence-corrected chi connectivity index (χ4v) is 3.48. The van der Waals surface area contributed by atoms with Gasteiger partial charge in [0.15, 0.2) is 5.96 Å². The van der Waals surface area contributed by atoms with Gasteiger partial charge in [-0.2, -0.15) is 0 Å². The molecule has 1 aliphatic carbocycles. The van der Waals surface area contributed by atoms with Gasteiger partial charge in [0.2, 0.25) is 0 Å². The molecule has 1 aliphatic rings. The number of hydrogen-bond acceptors (Lipinski definition) is 3. The van der Waals surface area contributed by atoms with Gasteiger partial charge >= 0.3 is 0 Å². The van der Waals surface area contributed by atoms with Crippen molar-refractivity contribution in [1.82, 2.24) is 10.6 Å². The Morgan fingerprint density at radius 2 is 1.96 bits per heavy atom. The third-order valence-electron chi connectivity index (χ3n) is 4.10. The Morgan fingerprint density at radius 3 is 2.50 bits per heavy atom. The van der Waals surface area contributed by atoms with Crippen molar-refractivity contribution in [3.05, 3.63) is 35.4 Å². The first kappa shape index (κ1) is 23.1. The molecule has 1 saturated carbocycles. The van der Waals surface area contributed by atoms with Crippen LogP contribution in [0.4, 0.5) is 8.78 Å². The Labute approximate surface area is 171 Å².